The highest BCUT2D eigenvalue weighted by Crippen LogP contribution is 2.22. The number of ether oxygens (including phenoxy) is 1. The number of nitrogens with zero attached hydrogens (tertiary/aromatic N) is 2. The minimum absolute atomic E-state index is 0.0374. The van der Waals surface area contributed by atoms with E-state index < -0.39 is 5.56 Å². The fraction of sp³-hybridized carbons (Fsp3) is 0.571. The minimum Gasteiger partial charge on any atom is -0.462 e. The van der Waals surface area contributed by atoms with Crippen LogP contribution in [-0.2, 0) is 16.0 Å². The molecule has 0 atom stereocenters. The Balaban J connectivity index is 1.97. The maximum atomic E-state index is 11.7. The van der Waals surface area contributed by atoms with Crippen LogP contribution in [0.4, 0.5) is 0 Å². The van der Waals surface area contributed by atoms with Crippen molar-refractivity contribution in [3.8, 4) is 6.07 Å². The van der Waals surface area contributed by atoms with E-state index in [9.17, 15) is 9.59 Å². The molecular formula is C14H17N3O3S. The van der Waals surface area contributed by atoms with Crippen molar-refractivity contribution in [2.45, 2.75) is 50.3 Å². The molecule has 112 valence electrons. The molecule has 0 bridgehead atoms. The summed E-state index contributed by atoms with van der Waals surface area (Å²) in [5.74, 6) is -0.189. The fourth-order valence-electron chi connectivity index (χ4n) is 2.29. The van der Waals surface area contributed by atoms with E-state index in [-0.39, 0.29) is 23.4 Å². The van der Waals surface area contributed by atoms with Crippen LogP contribution in [0.15, 0.2) is 9.95 Å². The van der Waals surface area contributed by atoms with Gasteiger partial charge in [-0.2, -0.15) is 5.26 Å². The molecule has 2 rings (SSSR count). The molecule has 7 heteroatoms. The standard InChI is InChI=1S/C14H17N3O3S/c1-2-11-10(7-15)13(19)17-14(16-11)21-8-12(18)20-9-5-3-4-6-9/h9H,2-6,8H2,1H3,(H,16,17,19). The second kappa shape index (κ2) is 7.27. The first kappa shape index (κ1) is 15.6. The van der Waals surface area contributed by atoms with Crippen molar-refractivity contribution in [3.05, 3.63) is 21.6 Å². The lowest BCUT2D eigenvalue weighted by Gasteiger charge is -2.10. The number of thioether (sulfide) groups is 1. The first-order valence-electron chi connectivity index (χ1n) is 6.99. The quantitative estimate of drug-likeness (QED) is 0.506. The zero-order valence-corrected chi connectivity index (χ0v) is 12.7. The number of hydrogen-bond acceptors (Lipinski definition) is 6. The number of nitriles is 1. The molecule has 1 aliphatic rings. The second-order valence-electron chi connectivity index (χ2n) is 4.84. The molecule has 0 amide bonds. The molecule has 6 nitrogen and oxygen atoms in total. The molecular weight excluding hydrogens is 290 g/mol. The number of aromatic nitrogens is 2. The van der Waals surface area contributed by atoms with E-state index >= 15 is 0 Å². The zero-order valence-electron chi connectivity index (χ0n) is 11.8. The van der Waals surface area contributed by atoms with Crippen LogP contribution < -0.4 is 5.56 Å². The van der Waals surface area contributed by atoms with Crippen LogP contribution in [0.5, 0.6) is 0 Å². The van der Waals surface area contributed by atoms with E-state index in [1.807, 2.05) is 13.0 Å². The lowest BCUT2D eigenvalue weighted by atomic mass is 10.2. The third-order valence-corrected chi connectivity index (χ3v) is 4.19. The van der Waals surface area contributed by atoms with Gasteiger partial charge in [0, 0.05) is 0 Å². The highest BCUT2D eigenvalue weighted by atomic mass is 32.2. The van der Waals surface area contributed by atoms with Gasteiger partial charge in [-0.25, -0.2) is 4.98 Å². The number of H-pyrrole nitrogens is 1. The maximum Gasteiger partial charge on any atom is 0.316 e. The van der Waals surface area contributed by atoms with Gasteiger partial charge >= 0.3 is 5.97 Å². The summed E-state index contributed by atoms with van der Waals surface area (Å²) in [7, 11) is 0. The molecule has 1 aromatic heterocycles. The van der Waals surface area contributed by atoms with Gasteiger partial charge in [-0.1, -0.05) is 18.7 Å². The number of rotatable bonds is 5. The number of carbonyl (C=O) groups excluding carboxylic acids is 1. The van der Waals surface area contributed by atoms with E-state index in [0.29, 0.717) is 17.3 Å². The summed E-state index contributed by atoms with van der Waals surface area (Å²) >= 11 is 1.12. The average Bonchev–Trinajstić information content (AvgIpc) is 2.97. The van der Waals surface area contributed by atoms with Crippen LogP contribution >= 0.6 is 11.8 Å². The molecule has 0 saturated heterocycles. The fourth-order valence-corrected chi connectivity index (χ4v) is 2.95. The van der Waals surface area contributed by atoms with E-state index in [0.717, 1.165) is 37.4 Å². The maximum absolute atomic E-state index is 11.7. The van der Waals surface area contributed by atoms with Crippen molar-refractivity contribution in [1.29, 1.82) is 5.26 Å². The Morgan fingerprint density at radius 3 is 2.86 bits per heavy atom. The predicted molar refractivity (Wildman–Crippen MR) is 78.0 cm³/mol. The van der Waals surface area contributed by atoms with E-state index in [2.05, 4.69) is 9.97 Å². The second-order valence-corrected chi connectivity index (χ2v) is 5.81. The number of hydrogen-bond donors (Lipinski definition) is 1. The summed E-state index contributed by atoms with van der Waals surface area (Å²) in [5.41, 5.74) is 0.0271. The van der Waals surface area contributed by atoms with Crippen molar-refractivity contribution >= 4 is 17.7 Å². The SMILES string of the molecule is CCc1nc(SCC(=O)OC2CCCC2)[nH]c(=O)c1C#N. The summed E-state index contributed by atoms with van der Waals surface area (Å²) in [6.07, 6.45) is 4.61. The average molecular weight is 307 g/mol. The van der Waals surface area contributed by atoms with Crippen molar-refractivity contribution < 1.29 is 9.53 Å². The Morgan fingerprint density at radius 2 is 2.24 bits per heavy atom. The predicted octanol–water partition coefficient (Wildman–Crippen LogP) is 1.78. The molecule has 1 aromatic rings. The van der Waals surface area contributed by atoms with Crippen LogP contribution in [0.25, 0.3) is 0 Å². The highest BCUT2D eigenvalue weighted by Gasteiger charge is 2.19. The number of aromatic amines is 1. The van der Waals surface area contributed by atoms with Crippen LogP contribution in [0.2, 0.25) is 0 Å². The molecule has 0 aromatic carbocycles. The monoisotopic (exact) mass is 307 g/mol. The molecule has 0 unspecified atom stereocenters. The molecule has 1 heterocycles. The van der Waals surface area contributed by atoms with Crippen LogP contribution in [0.3, 0.4) is 0 Å². The Labute approximate surface area is 126 Å². The van der Waals surface area contributed by atoms with Crippen molar-refractivity contribution in [2.24, 2.45) is 0 Å². The van der Waals surface area contributed by atoms with Gasteiger partial charge < -0.3 is 9.72 Å². The molecule has 0 spiro atoms. The van der Waals surface area contributed by atoms with Crippen LogP contribution in [0, 0.1) is 11.3 Å². The largest absolute Gasteiger partial charge is 0.462 e. The lowest BCUT2D eigenvalue weighted by Crippen LogP contribution is -2.18. The molecule has 0 aliphatic heterocycles. The van der Waals surface area contributed by atoms with Gasteiger partial charge in [-0.15, -0.1) is 0 Å². The Bertz CT molecular complexity index is 615. The van der Waals surface area contributed by atoms with E-state index in [1.165, 1.54) is 0 Å². The van der Waals surface area contributed by atoms with Crippen molar-refractivity contribution in [1.82, 2.24) is 9.97 Å². The van der Waals surface area contributed by atoms with Gasteiger partial charge in [-0.3, -0.25) is 9.59 Å². The molecule has 1 saturated carbocycles. The first-order valence-corrected chi connectivity index (χ1v) is 7.98. The summed E-state index contributed by atoms with van der Waals surface area (Å²) in [6.45, 7) is 1.82. The number of aryl methyl sites for hydroxylation is 1. The summed E-state index contributed by atoms with van der Waals surface area (Å²) < 4.78 is 5.33. The number of esters is 1. The van der Waals surface area contributed by atoms with Gasteiger partial charge in [0.2, 0.25) is 0 Å². The molecule has 0 radical (unpaired) electrons. The van der Waals surface area contributed by atoms with Gasteiger partial charge in [0.25, 0.3) is 5.56 Å². The smallest absolute Gasteiger partial charge is 0.316 e. The minimum atomic E-state index is -0.462. The Hall–Kier alpha value is -1.81. The van der Waals surface area contributed by atoms with Crippen LogP contribution in [0.1, 0.15) is 43.9 Å². The zero-order chi connectivity index (χ0) is 15.2. The summed E-state index contributed by atoms with van der Waals surface area (Å²) in [4.78, 5) is 30.2. The third kappa shape index (κ3) is 4.08. The Morgan fingerprint density at radius 1 is 1.52 bits per heavy atom. The lowest BCUT2D eigenvalue weighted by molar-refractivity contribution is -0.145. The normalized spacial score (nSPS) is 14.9. The molecule has 1 aliphatic carbocycles. The van der Waals surface area contributed by atoms with E-state index in [4.69, 9.17) is 10.00 Å². The van der Waals surface area contributed by atoms with Crippen LogP contribution in [-0.4, -0.2) is 27.8 Å². The van der Waals surface area contributed by atoms with Gasteiger partial charge in [0.15, 0.2) is 5.16 Å². The highest BCUT2D eigenvalue weighted by molar-refractivity contribution is 7.99. The van der Waals surface area contributed by atoms with E-state index in [1.54, 1.807) is 0 Å². The Kier molecular flexibility index (Phi) is 5.39. The van der Waals surface area contributed by atoms with Gasteiger partial charge in [0.05, 0.1) is 11.4 Å². The topological polar surface area (TPSA) is 95.8 Å². The summed E-state index contributed by atoms with van der Waals surface area (Å²) in [5, 5.41) is 9.25. The first-order chi connectivity index (χ1) is 10.1. The molecule has 1 N–H and O–H groups in total. The molecule has 1 fully saturated rings. The van der Waals surface area contributed by atoms with Crippen molar-refractivity contribution in [3.63, 3.8) is 0 Å². The number of carbonyl (C=O) groups is 1. The third-order valence-electron chi connectivity index (χ3n) is 3.35. The van der Waals surface area contributed by atoms with Gasteiger partial charge in [0.1, 0.15) is 17.7 Å². The van der Waals surface area contributed by atoms with Crippen molar-refractivity contribution in [2.75, 3.05) is 5.75 Å². The number of nitrogens with one attached hydrogen (secondary N) is 1. The summed E-state index contributed by atoms with van der Waals surface area (Å²) in [6, 6.07) is 1.85. The van der Waals surface area contributed by atoms with Gasteiger partial charge in [-0.05, 0) is 32.1 Å². The molecule has 21 heavy (non-hydrogen) atoms.